The molecule has 0 aromatic carbocycles. The molecule has 0 aliphatic carbocycles. The Labute approximate surface area is 503 Å². The molecule has 0 radical (unpaired) electrons. The van der Waals surface area contributed by atoms with Crippen molar-refractivity contribution in [1.82, 2.24) is 0 Å². The van der Waals surface area contributed by atoms with Gasteiger partial charge in [-0.25, -0.2) is 0 Å². The first-order chi connectivity index (χ1) is 40.0. The van der Waals surface area contributed by atoms with Crippen LogP contribution in [0, 0.1) is 0 Å². The van der Waals surface area contributed by atoms with E-state index in [0.717, 1.165) is 103 Å². The number of unbranched alkanes of at least 4 members (excludes halogenated alkanes) is 42. The van der Waals surface area contributed by atoms with Crippen LogP contribution < -0.4 is 0 Å². The molecule has 0 heterocycles. The van der Waals surface area contributed by atoms with Crippen molar-refractivity contribution in [3.63, 3.8) is 0 Å². The number of carbonyl (C=O) groups is 3. The number of esters is 3. The zero-order valence-corrected chi connectivity index (χ0v) is 54.1. The van der Waals surface area contributed by atoms with Crippen LogP contribution in [0.15, 0.2) is 72.9 Å². The molecule has 81 heavy (non-hydrogen) atoms. The van der Waals surface area contributed by atoms with E-state index >= 15 is 0 Å². The summed E-state index contributed by atoms with van der Waals surface area (Å²) in [6, 6.07) is 0. The minimum Gasteiger partial charge on any atom is -0.462 e. The third-order valence-corrected chi connectivity index (χ3v) is 15.7. The first-order valence-electron chi connectivity index (χ1n) is 35.4. The molecule has 0 amide bonds. The van der Waals surface area contributed by atoms with E-state index in [1.165, 1.54) is 225 Å². The van der Waals surface area contributed by atoms with Crippen molar-refractivity contribution < 1.29 is 28.6 Å². The van der Waals surface area contributed by atoms with E-state index in [4.69, 9.17) is 14.2 Å². The van der Waals surface area contributed by atoms with Gasteiger partial charge in [0.05, 0.1) is 0 Å². The maximum Gasteiger partial charge on any atom is 0.306 e. The summed E-state index contributed by atoms with van der Waals surface area (Å²) >= 11 is 0. The number of hydrogen-bond donors (Lipinski definition) is 0. The number of ether oxygens (including phenoxy) is 3. The number of rotatable bonds is 65. The summed E-state index contributed by atoms with van der Waals surface area (Å²) in [6.07, 6.45) is 90.6. The lowest BCUT2D eigenvalue weighted by atomic mass is 10.0. The van der Waals surface area contributed by atoms with Crippen LogP contribution in [-0.4, -0.2) is 37.2 Å². The summed E-state index contributed by atoms with van der Waals surface area (Å²) < 4.78 is 17.0. The Kier molecular flexibility index (Phi) is 66.6. The topological polar surface area (TPSA) is 78.9 Å². The molecule has 0 aromatic heterocycles. The van der Waals surface area contributed by atoms with Crippen LogP contribution >= 0.6 is 0 Å². The van der Waals surface area contributed by atoms with Crippen molar-refractivity contribution in [3.8, 4) is 0 Å². The molecule has 1 unspecified atom stereocenters. The predicted octanol–water partition coefficient (Wildman–Crippen LogP) is 24.4. The molecule has 0 fully saturated rings. The smallest absolute Gasteiger partial charge is 0.306 e. The molecule has 0 spiro atoms. The summed E-state index contributed by atoms with van der Waals surface area (Å²) in [5.74, 6) is -0.886. The fourth-order valence-corrected chi connectivity index (χ4v) is 10.3. The SMILES string of the molecule is CCCCCCC/C=C\C/C=C\C/C=C\CCCCCCCCC(=O)OCC(COC(=O)CCCCCCCCCCCCCCCCCCCCCCC)OC(=O)CCCCCCCC/C=C\C/C=C\C/C=C\CCCCCCC. The van der Waals surface area contributed by atoms with Crippen LogP contribution in [0.5, 0.6) is 0 Å². The molecule has 6 heteroatoms. The highest BCUT2D eigenvalue weighted by atomic mass is 16.6. The van der Waals surface area contributed by atoms with Crippen LogP contribution in [-0.2, 0) is 28.6 Å². The highest BCUT2D eigenvalue weighted by molar-refractivity contribution is 5.71. The fourth-order valence-electron chi connectivity index (χ4n) is 10.3. The first kappa shape index (κ1) is 77.9. The van der Waals surface area contributed by atoms with Crippen molar-refractivity contribution >= 4 is 17.9 Å². The zero-order chi connectivity index (χ0) is 58.5. The highest BCUT2D eigenvalue weighted by Gasteiger charge is 2.19. The van der Waals surface area contributed by atoms with Crippen LogP contribution in [0.25, 0.3) is 0 Å². The van der Waals surface area contributed by atoms with E-state index in [-0.39, 0.29) is 31.1 Å². The van der Waals surface area contributed by atoms with Gasteiger partial charge >= 0.3 is 17.9 Å². The Morgan fingerprint density at radius 3 is 0.691 bits per heavy atom. The van der Waals surface area contributed by atoms with E-state index in [1.54, 1.807) is 0 Å². The molecule has 0 rings (SSSR count). The quantitative estimate of drug-likeness (QED) is 0.0261. The van der Waals surface area contributed by atoms with Gasteiger partial charge in [-0.15, -0.1) is 0 Å². The molecule has 0 bridgehead atoms. The van der Waals surface area contributed by atoms with Crippen LogP contribution in [0.1, 0.15) is 367 Å². The van der Waals surface area contributed by atoms with Gasteiger partial charge in [-0.1, -0.05) is 325 Å². The van der Waals surface area contributed by atoms with Gasteiger partial charge in [-0.05, 0) is 96.3 Å². The molecule has 0 aliphatic heterocycles. The Morgan fingerprint density at radius 2 is 0.444 bits per heavy atom. The second-order valence-corrected chi connectivity index (χ2v) is 23.8. The number of hydrogen-bond acceptors (Lipinski definition) is 6. The third kappa shape index (κ3) is 67.5. The van der Waals surface area contributed by atoms with Crippen LogP contribution in [0.3, 0.4) is 0 Å². The van der Waals surface area contributed by atoms with Gasteiger partial charge in [0.2, 0.25) is 0 Å². The molecule has 0 aromatic rings. The van der Waals surface area contributed by atoms with Gasteiger partial charge in [-0.3, -0.25) is 14.4 Å². The minimum atomic E-state index is -0.789. The van der Waals surface area contributed by atoms with Crippen molar-refractivity contribution in [1.29, 1.82) is 0 Å². The van der Waals surface area contributed by atoms with Gasteiger partial charge in [0, 0.05) is 19.3 Å². The second-order valence-electron chi connectivity index (χ2n) is 23.8. The predicted molar refractivity (Wildman–Crippen MR) is 353 cm³/mol. The minimum absolute atomic E-state index is 0.0820. The van der Waals surface area contributed by atoms with Gasteiger partial charge in [-0.2, -0.15) is 0 Å². The fraction of sp³-hybridized carbons (Fsp3) is 0.800. The lowest BCUT2D eigenvalue weighted by Gasteiger charge is -2.18. The maximum absolute atomic E-state index is 13.0. The van der Waals surface area contributed by atoms with E-state index in [9.17, 15) is 14.4 Å². The van der Waals surface area contributed by atoms with E-state index < -0.39 is 6.10 Å². The zero-order valence-electron chi connectivity index (χ0n) is 54.1. The standard InChI is InChI=1S/C75H134O6/c1-4-7-10-13-16-19-22-25-28-31-34-37-40-43-46-49-52-55-58-61-64-67-73(76)79-70-72(81-75(78)69-66-63-60-57-54-51-48-45-42-39-36-33-30-27-24-21-18-15-12-9-6-3)71-80-74(77)68-65-62-59-56-53-50-47-44-41-38-35-32-29-26-23-20-17-14-11-8-5-2/h22,24-25,27,31,33-34,36,40,42-43,45,72H,4-21,23,26,28-30,32,35,37-39,41,44,46-71H2,1-3H3/b25-22-,27-24-,34-31-,36-33-,43-40-,45-42-. The summed E-state index contributed by atoms with van der Waals surface area (Å²) in [5.41, 5.74) is 0. The Balaban J connectivity index is 4.40. The molecule has 0 saturated heterocycles. The van der Waals surface area contributed by atoms with E-state index in [1.807, 2.05) is 0 Å². The lowest BCUT2D eigenvalue weighted by Crippen LogP contribution is -2.30. The number of carbonyl (C=O) groups excluding carboxylic acids is 3. The summed E-state index contributed by atoms with van der Waals surface area (Å²) in [4.78, 5) is 38.5. The van der Waals surface area contributed by atoms with Crippen molar-refractivity contribution in [2.24, 2.45) is 0 Å². The Hall–Kier alpha value is -3.15. The monoisotopic (exact) mass is 1130 g/mol. The summed E-state index contributed by atoms with van der Waals surface area (Å²) in [6.45, 7) is 6.66. The molecular weight excluding hydrogens is 997 g/mol. The maximum atomic E-state index is 13.0. The molecule has 1 atom stereocenters. The molecule has 0 N–H and O–H groups in total. The van der Waals surface area contributed by atoms with Gasteiger partial charge in [0.15, 0.2) is 6.10 Å². The largest absolute Gasteiger partial charge is 0.462 e. The molecule has 6 nitrogen and oxygen atoms in total. The lowest BCUT2D eigenvalue weighted by molar-refractivity contribution is -0.167. The summed E-state index contributed by atoms with van der Waals surface area (Å²) in [5, 5.41) is 0. The average Bonchev–Trinajstić information content (AvgIpc) is 3.47. The van der Waals surface area contributed by atoms with Crippen LogP contribution in [0.2, 0.25) is 0 Å². The average molecular weight is 1130 g/mol. The van der Waals surface area contributed by atoms with Crippen LogP contribution in [0.4, 0.5) is 0 Å². The second kappa shape index (κ2) is 69.3. The summed E-state index contributed by atoms with van der Waals surface area (Å²) in [7, 11) is 0. The highest BCUT2D eigenvalue weighted by Crippen LogP contribution is 2.17. The van der Waals surface area contributed by atoms with E-state index in [0.29, 0.717) is 19.3 Å². The van der Waals surface area contributed by atoms with Crippen molar-refractivity contribution in [2.45, 2.75) is 374 Å². The molecular formula is C75H134O6. The normalized spacial score (nSPS) is 12.5. The van der Waals surface area contributed by atoms with Crippen molar-refractivity contribution in [2.75, 3.05) is 13.2 Å². The van der Waals surface area contributed by atoms with Crippen molar-refractivity contribution in [3.05, 3.63) is 72.9 Å². The third-order valence-electron chi connectivity index (χ3n) is 15.7. The molecule has 0 aliphatic rings. The Bertz CT molecular complexity index is 1490. The van der Waals surface area contributed by atoms with E-state index in [2.05, 4.69) is 93.7 Å². The Morgan fingerprint density at radius 1 is 0.247 bits per heavy atom. The van der Waals surface area contributed by atoms with Gasteiger partial charge in [0.25, 0.3) is 0 Å². The number of allylic oxidation sites excluding steroid dienone is 12. The first-order valence-corrected chi connectivity index (χ1v) is 35.4. The van der Waals surface area contributed by atoms with Gasteiger partial charge < -0.3 is 14.2 Å². The molecule has 470 valence electrons. The molecule has 0 saturated carbocycles. The van der Waals surface area contributed by atoms with Gasteiger partial charge in [0.1, 0.15) is 13.2 Å².